The second kappa shape index (κ2) is 10.4. The van der Waals surface area contributed by atoms with Gasteiger partial charge < -0.3 is 20.1 Å². The molecule has 1 amide bonds. The lowest BCUT2D eigenvalue weighted by atomic mass is 10.1. The van der Waals surface area contributed by atoms with E-state index in [1.807, 2.05) is 45.0 Å². The van der Waals surface area contributed by atoms with Crippen LogP contribution in [0.5, 0.6) is 0 Å². The SMILES string of the molecule is CCNC(=NCc1ccc(C(=O)N(C)C)cc1)NCCc1nc(C(C)C)no1. The fraction of sp³-hybridized carbons (Fsp3) is 0.500. The predicted molar refractivity (Wildman–Crippen MR) is 109 cm³/mol. The first kappa shape index (κ1) is 21.4. The number of hydrogen-bond donors (Lipinski definition) is 2. The van der Waals surface area contributed by atoms with Crippen LogP contribution in [0.3, 0.4) is 0 Å². The van der Waals surface area contributed by atoms with Gasteiger partial charge in [0.15, 0.2) is 11.8 Å². The zero-order chi connectivity index (χ0) is 20.5. The van der Waals surface area contributed by atoms with E-state index in [9.17, 15) is 4.79 Å². The Morgan fingerprint density at radius 3 is 2.50 bits per heavy atom. The molecule has 2 aromatic rings. The molecule has 0 saturated carbocycles. The fourth-order valence-electron chi connectivity index (χ4n) is 2.41. The van der Waals surface area contributed by atoms with Crippen molar-refractivity contribution in [2.75, 3.05) is 27.2 Å². The highest BCUT2D eigenvalue weighted by Crippen LogP contribution is 2.10. The van der Waals surface area contributed by atoms with Gasteiger partial charge in [-0.15, -0.1) is 0 Å². The molecule has 0 saturated heterocycles. The van der Waals surface area contributed by atoms with Gasteiger partial charge >= 0.3 is 0 Å². The molecule has 0 bridgehead atoms. The van der Waals surface area contributed by atoms with Gasteiger partial charge in [0, 0.05) is 45.1 Å². The maximum Gasteiger partial charge on any atom is 0.253 e. The Morgan fingerprint density at radius 2 is 1.93 bits per heavy atom. The van der Waals surface area contributed by atoms with Crippen molar-refractivity contribution in [1.29, 1.82) is 0 Å². The summed E-state index contributed by atoms with van der Waals surface area (Å²) in [6.45, 7) is 8.01. The summed E-state index contributed by atoms with van der Waals surface area (Å²) in [5.74, 6) is 2.31. The van der Waals surface area contributed by atoms with Gasteiger partial charge in [-0.05, 0) is 24.6 Å². The van der Waals surface area contributed by atoms with E-state index in [4.69, 9.17) is 4.52 Å². The maximum atomic E-state index is 11.9. The van der Waals surface area contributed by atoms with Gasteiger partial charge in [0.25, 0.3) is 5.91 Å². The smallest absolute Gasteiger partial charge is 0.253 e. The molecule has 0 fully saturated rings. The number of carbonyl (C=O) groups is 1. The molecule has 1 aromatic heterocycles. The second-order valence-electron chi connectivity index (χ2n) is 6.97. The van der Waals surface area contributed by atoms with Crippen LogP contribution in [0.25, 0.3) is 0 Å². The number of carbonyl (C=O) groups excluding carboxylic acids is 1. The standard InChI is InChI=1S/C20H30N6O2/c1-6-21-20(22-12-11-17-24-18(14(2)3)25-28-17)23-13-15-7-9-16(10-8-15)19(27)26(4)5/h7-10,14H,6,11-13H2,1-5H3,(H2,21,22,23). The minimum atomic E-state index is -0.00768. The van der Waals surface area contributed by atoms with E-state index >= 15 is 0 Å². The number of nitrogens with zero attached hydrogens (tertiary/aromatic N) is 4. The van der Waals surface area contributed by atoms with Crippen LogP contribution in [0.15, 0.2) is 33.8 Å². The molecule has 0 spiro atoms. The van der Waals surface area contributed by atoms with Crippen molar-refractivity contribution < 1.29 is 9.32 Å². The maximum absolute atomic E-state index is 11.9. The molecule has 0 aliphatic carbocycles. The number of rotatable bonds is 8. The molecule has 28 heavy (non-hydrogen) atoms. The number of aromatic nitrogens is 2. The van der Waals surface area contributed by atoms with Crippen molar-refractivity contribution in [2.24, 2.45) is 4.99 Å². The van der Waals surface area contributed by atoms with Crippen LogP contribution >= 0.6 is 0 Å². The minimum absolute atomic E-state index is 0.00768. The molecule has 8 heteroatoms. The molecular formula is C20H30N6O2. The van der Waals surface area contributed by atoms with E-state index in [-0.39, 0.29) is 11.8 Å². The highest BCUT2D eigenvalue weighted by molar-refractivity contribution is 5.93. The highest BCUT2D eigenvalue weighted by atomic mass is 16.5. The molecule has 1 heterocycles. The molecule has 0 atom stereocenters. The molecule has 8 nitrogen and oxygen atoms in total. The van der Waals surface area contributed by atoms with E-state index in [1.165, 1.54) is 0 Å². The molecule has 0 unspecified atom stereocenters. The molecule has 0 aliphatic heterocycles. The van der Waals surface area contributed by atoms with Crippen LogP contribution in [0, 0.1) is 0 Å². The largest absolute Gasteiger partial charge is 0.357 e. The van der Waals surface area contributed by atoms with Crippen LogP contribution in [-0.4, -0.2) is 54.1 Å². The normalized spacial score (nSPS) is 11.6. The van der Waals surface area contributed by atoms with Gasteiger partial charge in [0.05, 0.1) is 6.54 Å². The van der Waals surface area contributed by atoms with Crippen LogP contribution < -0.4 is 10.6 Å². The van der Waals surface area contributed by atoms with E-state index in [1.54, 1.807) is 19.0 Å². The van der Waals surface area contributed by atoms with Crippen LogP contribution in [0.1, 0.15) is 54.3 Å². The quantitative estimate of drug-likeness (QED) is 0.533. The second-order valence-corrected chi connectivity index (χ2v) is 6.97. The Labute approximate surface area is 166 Å². The van der Waals surface area contributed by atoms with Crippen molar-refractivity contribution in [1.82, 2.24) is 25.7 Å². The minimum Gasteiger partial charge on any atom is -0.357 e. The number of guanidine groups is 1. The van der Waals surface area contributed by atoms with Gasteiger partial charge in [-0.3, -0.25) is 4.79 Å². The molecule has 2 N–H and O–H groups in total. The summed E-state index contributed by atoms with van der Waals surface area (Å²) in [5.41, 5.74) is 1.70. The predicted octanol–water partition coefficient (Wildman–Crippen LogP) is 2.19. The van der Waals surface area contributed by atoms with Crippen LogP contribution in [0.2, 0.25) is 0 Å². The summed E-state index contributed by atoms with van der Waals surface area (Å²) in [6, 6.07) is 7.51. The van der Waals surface area contributed by atoms with Crippen molar-refractivity contribution in [3.63, 3.8) is 0 Å². The van der Waals surface area contributed by atoms with E-state index in [0.717, 1.165) is 23.9 Å². The Morgan fingerprint density at radius 1 is 1.21 bits per heavy atom. The van der Waals surface area contributed by atoms with Crippen LogP contribution in [-0.2, 0) is 13.0 Å². The van der Waals surface area contributed by atoms with Crippen molar-refractivity contribution in [3.8, 4) is 0 Å². The first-order valence-corrected chi connectivity index (χ1v) is 9.56. The van der Waals surface area contributed by atoms with Crippen molar-refractivity contribution in [3.05, 3.63) is 47.1 Å². The van der Waals surface area contributed by atoms with E-state index in [0.29, 0.717) is 31.0 Å². The molecule has 1 aromatic carbocycles. The monoisotopic (exact) mass is 386 g/mol. The third-order valence-electron chi connectivity index (χ3n) is 4.00. The lowest BCUT2D eigenvalue weighted by molar-refractivity contribution is 0.0827. The first-order chi connectivity index (χ1) is 13.4. The van der Waals surface area contributed by atoms with Gasteiger partial charge in [-0.2, -0.15) is 4.98 Å². The Kier molecular flexibility index (Phi) is 7.98. The summed E-state index contributed by atoms with van der Waals surface area (Å²) < 4.78 is 5.25. The lowest BCUT2D eigenvalue weighted by Crippen LogP contribution is -2.38. The van der Waals surface area contributed by atoms with E-state index < -0.39 is 0 Å². The highest BCUT2D eigenvalue weighted by Gasteiger charge is 2.10. The molecule has 0 aliphatic rings. The summed E-state index contributed by atoms with van der Waals surface area (Å²) in [6.07, 6.45) is 0.630. The number of hydrogen-bond acceptors (Lipinski definition) is 5. The molecule has 0 radical (unpaired) electrons. The van der Waals surface area contributed by atoms with Crippen molar-refractivity contribution >= 4 is 11.9 Å². The van der Waals surface area contributed by atoms with Gasteiger partial charge in [-0.1, -0.05) is 31.1 Å². The number of benzene rings is 1. The molecule has 152 valence electrons. The van der Waals surface area contributed by atoms with Gasteiger partial charge in [-0.25, -0.2) is 4.99 Å². The third kappa shape index (κ3) is 6.37. The third-order valence-corrected chi connectivity index (χ3v) is 4.00. The number of aliphatic imine (C=N–C) groups is 1. The van der Waals surface area contributed by atoms with Crippen LogP contribution in [0.4, 0.5) is 0 Å². The van der Waals surface area contributed by atoms with Crippen molar-refractivity contribution in [2.45, 2.75) is 39.7 Å². The summed E-state index contributed by atoms with van der Waals surface area (Å²) >= 11 is 0. The Hall–Kier alpha value is -2.90. The number of nitrogens with one attached hydrogen (secondary N) is 2. The average molecular weight is 387 g/mol. The molecule has 2 rings (SSSR count). The van der Waals surface area contributed by atoms with Gasteiger partial charge in [0.1, 0.15) is 0 Å². The summed E-state index contributed by atoms with van der Waals surface area (Å²) in [4.78, 5) is 22.5. The average Bonchev–Trinajstić information content (AvgIpc) is 3.15. The zero-order valence-corrected chi connectivity index (χ0v) is 17.3. The Balaban J connectivity index is 1.89. The lowest BCUT2D eigenvalue weighted by Gasteiger charge is -2.11. The summed E-state index contributed by atoms with van der Waals surface area (Å²) in [5, 5.41) is 10.5. The summed E-state index contributed by atoms with van der Waals surface area (Å²) in [7, 11) is 3.49. The van der Waals surface area contributed by atoms with E-state index in [2.05, 4.69) is 25.8 Å². The fourth-order valence-corrected chi connectivity index (χ4v) is 2.41. The zero-order valence-electron chi connectivity index (χ0n) is 17.3. The van der Waals surface area contributed by atoms with Gasteiger partial charge in [0.2, 0.25) is 5.89 Å². The first-order valence-electron chi connectivity index (χ1n) is 9.56. The number of amides is 1. The Bertz CT molecular complexity index is 780. The molecular weight excluding hydrogens is 356 g/mol. The topological polar surface area (TPSA) is 95.7 Å².